The van der Waals surface area contributed by atoms with Gasteiger partial charge in [-0.25, -0.2) is 0 Å². The lowest BCUT2D eigenvalue weighted by Crippen LogP contribution is -2.39. The molecule has 2 aliphatic rings. The average Bonchev–Trinajstić information content (AvgIpc) is 3.16. The summed E-state index contributed by atoms with van der Waals surface area (Å²) in [5, 5.41) is 22.1. The highest BCUT2D eigenvalue weighted by Crippen LogP contribution is 2.32. The number of hydrogen-bond acceptors (Lipinski definition) is 6. The van der Waals surface area contributed by atoms with E-state index in [1.807, 2.05) is 11.9 Å². The number of nitrogens with zero attached hydrogens (tertiary/aromatic N) is 3. The van der Waals surface area contributed by atoms with E-state index in [0.717, 1.165) is 63.0 Å². The number of carbonyl (C=O) groups is 2. The van der Waals surface area contributed by atoms with Crippen molar-refractivity contribution in [3.63, 3.8) is 0 Å². The zero-order valence-electron chi connectivity index (χ0n) is 15.7. The molecule has 152 valence electrons. The Hall–Kier alpha value is -1.25. The molecular formula is C18H29ClN4O3S. The van der Waals surface area contributed by atoms with Crippen molar-refractivity contribution in [1.82, 2.24) is 20.4 Å². The summed E-state index contributed by atoms with van der Waals surface area (Å²) in [7, 11) is 1.86. The van der Waals surface area contributed by atoms with Crippen LogP contribution in [0.3, 0.4) is 0 Å². The van der Waals surface area contributed by atoms with E-state index in [1.54, 1.807) is 0 Å². The fourth-order valence-corrected chi connectivity index (χ4v) is 5.02. The van der Waals surface area contributed by atoms with Crippen LogP contribution in [0.2, 0.25) is 0 Å². The molecule has 1 saturated heterocycles. The Morgan fingerprint density at radius 3 is 2.44 bits per heavy atom. The van der Waals surface area contributed by atoms with Gasteiger partial charge in [0.25, 0.3) is 5.91 Å². The maximum absolute atomic E-state index is 12.8. The molecule has 2 fully saturated rings. The normalized spacial score (nSPS) is 23.4. The minimum atomic E-state index is -0.722. The molecule has 2 heterocycles. The monoisotopic (exact) mass is 416 g/mol. The highest BCUT2D eigenvalue weighted by atomic mass is 35.5. The van der Waals surface area contributed by atoms with Crippen molar-refractivity contribution in [2.75, 3.05) is 20.1 Å². The van der Waals surface area contributed by atoms with Crippen LogP contribution in [0.15, 0.2) is 0 Å². The zero-order chi connectivity index (χ0) is 18.5. The fourth-order valence-electron chi connectivity index (χ4n) is 4.02. The molecule has 3 rings (SSSR count). The van der Waals surface area contributed by atoms with Gasteiger partial charge in [0, 0.05) is 25.4 Å². The number of aromatic nitrogens is 2. The second-order valence-electron chi connectivity index (χ2n) is 7.49. The van der Waals surface area contributed by atoms with E-state index in [-0.39, 0.29) is 30.8 Å². The largest absolute Gasteiger partial charge is 0.481 e. The average molecular weight is 417 g/mol. The van der Waals surface area contributed by atoms with Crippen LogP contribution < -0.4 is 5.32 Å². The smallest absolute Gasteiger partial charge is 0.303 e. The Kier molecular flexibility index (Phi) is 8.44. The topological polar surface area (TPSA) is 95.4 Å². The van der Waals surface area contributed by atoms with Crippen LogP contribution >= 0.6 is 23.7 Å². The lowest BCUT2D eigenvalue weighted by molar-refractivity contribution is -0.137. The number of halogens is 1. The molecule has 0 unspecified atom stereocenters. The SMILES string of the molecule is CN(C(=O)c1nnc(C2CCNCC2)s1)[C@H]1CC[C@H](CCC(=O)O)CC1.Cl. The minimum Gasteiger partial charge on any atom is -0.481 e. The molecule has 1 aliphatic heterocycles. The van der Waals surface area contributed by atoms with E-state index >= 15 is 0 Å². The number of hydrogen-bond donors (Lipinski definition) is 2. The molecule has 1 amide bonds. The molecule has 1 aromatic rings. The van der Waals surface area contributed by atoms with Crippen molar-refractivity contribution >= 4 is 35.6 Å². The summed E-state index contributed by atoms with van der Waals surface area (Å²) >= 11 is 1.45. The lowest BCUT2D eigenvalue weighted by atomic mass is 9.83. The molecule has 2 N–H and O–H groups in total. The number of piperidine rings is 1. The summed E-state index contributed by atoms with van der Waals surface area (Å²) in [6.45, 7) is 2.00. The van der Waals surface area contributed by atoms with Crippen molar-refractivity contribution in [3.05, 3.63) is 10.0 Å². The van der Waals surface area contributed by atoms with Crippen LogP contribution in [0.25, 0.3) is 0 Å². The Bertz CT molecular complexity index is 628. The molecule has 0 radical (unpaired) electrons. The first kappa shape index (κ1) is 22.0. The summed E-state index contributed by atoms with van der Waals surface area (Å²) in [5.74, 6) is 0.140. The molecule has 27 heavy (non-hydrogen) atoms. The third-order valence-electron chi connectivity index (χ3n) is 5.76. The molecular weight excluding hydrogens is 388 g/mol. The van der Waals surface area contributed by atoms with E-state index < -0.39 is 5.97 Å². The predicted molar refractivity (Wildman–Crippen MR) is 107 cm³/mol. The van der Waals surface area contributed by atoms with Gasteiger partial charge < -0.3 is 15.3 Å². The summed E-state index contributed by atoms with van der Waals surface area (Å²) in [4.78, 5) is 25.3. The van der Waals surface area contributed by atoms with Gasteiger partial charge in [0.15, 0.2) is 0 Å². The van der Waals surface area contributed by atoms with Gasteiger partial charge >= 0.3 is 5.97 Å². The van der Waals surface area contributed by atoms with Crippen LogP contribution in [-0.2, 0) is 4.79 Å². The van der Waals surface area contributed by atoms with E-state index in [1.165, 1.54) is 11.3 Å². The van der Waals surface area contributed by atoms with Crippen molar-refractivity contribution in [2.45, 2.75) is 63.3 Å². The number of carbonyl (C=O) groups excluding carboxylic acids is 1. The van der Waals surface area contributed by atoms with E-state index in [4.69, 9.17) is 5.11 Å². The quantitative estimate of drug-likeness (QED) is 0.740. The molecule has 1 saturated carbocycles. The summed E-state index contributed by atoms with van der Waals surface area (Å²) < 4.78 is 0. The second-order valence-corrected chi connectivity index (χ2v) is 8.50. The number of aliphatic carboxylic acids is 1. The Balaban J connectivity index is 0.00000261. The molecule has 9 heteroatoms. The molecule has 0 bridgehead atoms. The maximum atomic E-state index is 12.8. The van der Waals surface area contributed by atoms with E-state index in [9.17, 15) is 9.59 Å². The van der Waals surface area contributed by atoms with Crippen molar-refractivity contribution < 1.29 is 14.7 Å². The van der Waals surface area contributed by atoms with Crippen LogP contribution in [-0.4, -0.2) is 58.3 Å². The first-order valence-corrected chi connectivity index (χ1v) is 10.4. The molecule has 0 aromatic carbocycles. The maximum Gasteiger partial charge on any atom is 0.303 e. The highest BCUT2D eigenvalue weighted by Gasteiger charge is 2.29. The van der Waals surface area contributed by atoms with Gasteiger partial charge in [-0.3, -0.25) is 9.59 Å². The zero-order valence-corrected chi connectivity index (χ0v) is 17.4. The van der Waals surface area contributed by atoms with Gasteiger partial charge in [0.05, 0.1) is 0 Å². The number of rotatable bonds is 6. The Morgan fingerprint density at radius 2 is 1.81 bits per heavy atom. The highest BCUT2D eigenvalue weighted by molar-refractivity contribution is 7.13. The molecule has 1 aromatic heterocycles. The van der Waals surface area contributed by atoms with Gasteiger partial charge in [-0.15, -0.1) is 22.6 Å². The van der Waals surface area contributed by atoms with E-state index in [2.05, 4.69) is 15.5 Å². The number of amides is 1. The predicted octanol–water partition coefficient (Wildman–Crippen LogP) is 2.92. The fraction of sp³-hybridized carbons (Fsp3) is 0.778. The first-order valence-electron chi connectivity index (χ1n) is 9.57. The van der Waals surface area contributed by atoms with Crippen LogP contribution in [0.4, 0.5) is 0 Å². The van der Waals surface area contributed by atoms with Crippen LogP contribution in [0.5, 0.6) is 0 Å². The second kappa shape index (κ2) is 10.3. The summed E-state index contributed by atoms with van der Waals surface area (Å²) in [5.41, 5.74) is 0. The third kappa shape index (κ3) is 5.86. The van der Waals surface area contributed by atoms with Gasteiger partial charge in [0.2, 0.25) is 5.01 Å². The molecule has 0 atom stereocenters. The van der Waals surface area contributed by atoms with Crippen molar-refractivity contribution in [1.29, 1.82) is 0 Å². The summed E-state index contributed by atoms with van der Waals surface area (Å²) in [6.07, 6.45) is 6.96. The standard InChI is InChI=1S/C18H28N4O3S.ClH/c1-22(14-5-2-12(3-6-14)4-7-15(23)24)18(25)17-21-20-16(26-17)13-8-10-19-11-9-13;/h12-14,19H,2-11H2,1H3,(H,23,24);1H/t12-,14-;. The molecule has 1 aliphatic carbocycles. The Labute approximate surface area is 170 Å². The van der Waals surface area contributed by atoms with Crippen molar-refractivity contribution in [2.24, 2.45) is 5.92 Å². The third-order valence-corrected chi connectivity index (χ3v) is 6.84. The van der Waals surface area contributed by atoms with Crippen LogP contribution in [0.1, 0.15) is 72.1 Å². The number of carboxylic acids is 1. The number of carboxylic acid groups (broad SMARTS) is 1. The van der Waals surface area contributed by atoms with E-state index in [0.29, 0.717) is 16.8 Å². The molecule has 7 nitrogen and oxygen atoms in total. The number of nitrogens with one attached hydrogen (secondary N) is 1. The van der Waals surface area contributed by atoms with Gasteiger partial charge in [0.1, 0.15) is 5.01 Å². The summed E-state index contributed by atoms with van der Waals surface area (Å²) in [6, 6.07) is 0.217. The minimum absolute atomic E-state index is 0. The van der Waals surface area contributed by atoms with Crippen LogP contribution in [0, 0.1) is 5.92 Å². The van der Waals surface area contributed by atoms with Gasteiger partial charge in [-0.05, 0) is 64.0 Å². The Morgan fingerprint density at radius 1 is 1.15 bits per heavy atom. The lowest BCUT2D eigenvalue weighted by Gasteiger charge is -2.34. The van der Waals surface area contributed by atoms with Gasteiger partial charge in [-0.2, -0.15) is 0 Å². The van der Waals surface area contributed by atoms with Gasteiger partial charge in [-0.1, -0.05) is 11.3 Å². The first-order chi connectivity index (χ1) is 12.5. The molecule has 0 spiro atoms. The van der Waals surface area contributed by atoms with Crippen molar-refractivity contribution in [3.8, 4) is 0 Å².